The Morgan fingerprint density at radius 2 is 2.57 bits per heavy atom. The molecule has 2 nitrogen and oxygen atoms in total. The molecule has 0 aliphatic carbocycles. The number of hydrogen-bond acceptors (Lipinski definition) is 1. The van der Waals surface area contributed by atoms with E-state index in [-0.39, 0.29) is 0 Å². The fourth-order valence-electron chi connectivity index (χ4n) is 0.443. The van der Waals surface area contributed by atoms with Crippen molar-refractivity contribution < 1.29 is 0 Å². The predicted octanol–water partition coefficient (Wildman–Crippen LogP) is 0.884. The van der Waals surface area contributed by atoms with E-state index in [0.29, 0.717) is 0 Å². The smallest absolute Gasteiger partial charge is 0.115 e. The van der Waals surface area contributed by atoms with Crippen LogP contribution in [0.25, 0.3) is 0 Å². The van der Waals surface area contributed by atoms with E-state index in [9.17, 15) is 0 Å². The van der Waals surface area contributed by atoms with Gasteiger partial charge in [-0.3, -0.25) is 0 Å². The van der Waals surface area contributed by atoms with Crippen molar-refractivity contribution in [2.75, 3.05) is 0 Å². The monoisotopic (exact) mass is 95.1 g/mol. The summed E-state index contributed by atoms with van der Waals surface area (Å²) in [7, 11) is 0. The molecule has 1 radical (unpaired) electrons. The van der Waals surface area contributed by atoms with Crippen molar-refractivity contribution >= 4 is 6.34 Å². The Bertz CT molecular complexity index is 113. The first-order valence-corrected chi connectivity index (χ1v) is 2.35. The van der Waals surface area contributed by atoms with E-state index in [4.69, 9.17) is 0 Å². The van der Waals surface area contributed by atoms with Crippen LogP contribution in [0.2, 0.25) is 0 Å². The average Bonchev–Trinajstić information content (AvgIpc) is 2.14. The molecule has 1 heterocycles. The molecule has 1 aliphatic heterocycles. The number of nitrogens with zero attached hydrogens (tertiary/aromatic N) is 2. The largest absolute Gasteiger partial charge is 0.243 e. The van der Waals surface area contributed by atoms with Gasteiger partial charge in [0.25, 0.3) is 0 Å². The molecule has 7 heavy (non-hydrogen) atoms. The van der Waals surface area contributed by atoms with Crippen LogP contribution in [-0.2, 0) is 0 Å². The molecule has 0 unspecified atom stereocenters. The lowest BCUT2D eigenvalue weighted by atomic mass is 10.4. The Labute approximate surface area is 42.9 Å². The number of aliphatic imine (C=N–C) groups is 1. The molecule has 0 spiro atoms. The van der Waals surface area contributed by atoms with Gasteiger partial charge in [-0.2, -0.15) is 0 Å². The van der Waals surface area contributed by atoms with E-state index in [1.807, 2.05) is 0 Å². The summed E-state index contributed by atoms with van der Waals surface area (Å²) in [4.78, 5) is 3.78. The van der Waals surface area contributed by atoms with Crippen molar-refractivity contribution in [3.05, 3.63) is 11.9 Å². The van der Waals surface area contributed by atoms with Gasteiger partial charge in [0.15, 0.2) is 0 Å². The third kappa shape index (κ3) is 0.796. The molecule has 0 amide bonds. The van der Waals surface area contributed by atoms with Crippen LogP contribution in [-0.4, -0.2) is 6.34 Å². The Balaban J connectivity index is 2.45. The Hall–Kier alpha value is -0.790. The third-order valence-electron chi connectivity index (χ3n) is 0.876. The first-order valence-electron chi connectivity index (χ1n) is 2.35. The minimum atomic E-state index is 0.986. The highest BCUT2D eigenvalue weighted by Crippen LogP contribution is 1.99. The molecule has 0 N–H and O–H groups in total. The van der Waals surface area contributed by atoms with Crippen LogP contribution in [0, 0.1) is 0 Å². The molecule has 1 aliphatic rings. The third-order valence-corrected chi connectivity index (χ3v) is 0.876. The van der Waals surface area contributed by atoms with Gasteiger partial charge < -0.3 is 0 Å². The minimum Gasteiger partial charge on any atom is -0.243 e. The van der Waals surface area contributed by atoms with Crippen LogP contribution < -0.4 is 5.32 Å². The summed E-state index contributed by atoms with van der Waals surface area (Å²) in [6.07, 6.45) is 4.33. The Kier molecular flexibility index (Phi) is 1.11. The number of rotatable bonds is 1. The SMILES string of the molecule is CCC1=CN=C[N]1. The second-order valence-corrected chi connectivity index (χ2v) is 1.37. The van der Waals surface area contributed by atoms with Crippen molar-refractivity contribution in [1.82, 2.24) is 5.32 Å². The van der Waals surface area contributed by atoms with Crippen LogP contribution in [0.4, 0.5) is 0 Å². The molecule has 0 atom stereocenters. The highest BCUT2D eigenvalue weighted by atomic mass is 15.0. The quantitative estimate of drug-likeness (QED) is 0.462. The van der Waals surface area contributed by atoms with Gasteiger partial charge in [0.1, 0.15) is 6.34 Å². The molecular weight excluding hydrogens is 88.1 g/mol. The van der Waals surface area contributed by atoms with Crippen LogP contribution >= 0.6 is 0 Å². The summed E-state index contributed by atoms with van der Waals surface area (Å²) in [5.74, 6) is 0. The summed E-state index contributed by atoms with van der Waals surface area (Å²) < 4.78 is 0. The second kappa shape index (κ2) is 1.78. The highest BCUT2D eigenvalue weighted by Gasteiger charge is 1.94. The maximum Gasteiger partial charge on any atom is 0.115 e. The molecule has 1 rings (SSSR count). The number of allylic oxidation sites excluding steroid dienone is 1. The van der Waals surface area contributed by atoms with Crippen molar-refractivity contribution in [3.63, 3.8) is 0 Å². The molecule has 0 saturated heterocycles. The van der Waals surface area contributed by atoms with E-state index < -0.39 is 0 Å². The van der Waals surface area contributed by atoms with Gasteiger partial charge in [-0.1, -0.05) is 6.92 Å². The van der Waals surface area contributed by atoms with Gasteiger partial charge in [-0.05, 0) is 6.42 Å². The zero-order valence-corrected chi connectivity index (χ0v) is 4.26. The lowest BCUT2D eigenvalue weighted by molar-refractivity contribution is 0.997. The molecular formula is C5H7N2. The normalized spacial score (nSPS) is 16.4. The number of hydrogen-bond donors (Lipinski definition) is 0. The molecule has 0 aromatic rings. The fraction of sp³-hybridized carbons (Fsp3) is 0.400. The predicted molar refractivity (Wildman–Crippen MR) is 29.0 cm³/mol. The molecule has 0 aromatic carbocycles. The van der Waals surface area contributed by atoms with Crippen molar-refractivity contribution in [3.8, 4) is 0 Å². The van der Waals surface area contributed by atoms with Gasteiger partial charge in [0.2, 0.25) is 0 Å². The zero-order chi connectivity index (χ0) is 5.11. The Morgan fingerprint density at radius 3 is 2.86 bits per heavy atom. The molecule has 37 valence electrons. The minimum absolute atomic E-state index is 0.986. The summed E-state index contributed by atoms with van der Waals surface area (Å²) in [5, 5.41) is 3.92. The highest BCUT2D eigenvalue weighted by molar-refractivity contribution is 5.60. The van der Waals surface area contributed by atoms with E-state index in [1.54, 1.807) is 12.5 Å². The van der Waals surface area contributed by atoms with Crippen molar-refractivity contribution in [1.29, 1.82) is 0 Å². The lowest BCUT2D eigenvalue weighted by Crippen LogP contribution is -1.93. The van der Waals surface area contributed by atoms with Crippen LogP contribution in [0.3, 0.4) is 0 Å². The average molecular weight is 95.1 g/mol. The topological polar surface area (TPSA) is 26.5 Å². The van der Waals surface area contributed by atoms with Crippen LogP contribution in [0.5, 0.6) is 0 Å². The standard InChI is InChI=1S/C5H7N2/c1-2-5-3-6-4-7-5/h3-4H,2H2,1H3. The van der Waals surface area contributed by atoms with E-state index in [0.717, 1.165) is 12.1 Å². The van der Waals surface area contributed by atoms with Gasteiger partial charge in [-0.15, -0.1) is 0 Å². The molecule has 2 heteroatoms. The summed E-state index contributed by atoms with van der Waals surface area (Å²) >= 11 is 0. The van der Waals surface area contributed by atoms with Crippen LogP contribution in [0.15, 0.2) is 16.9 Å². The second-order valence-electron chi connectivity index (χ2n) is 1.37. The summed E-state index contributed by atoms with van der Waals surface area (Å²) in [5.41, 5.74) is 1.07. The zero-order valence-electron chi connectivity index (χ0n) is 4.26. The van der Waals surface area contributed by atoms with Gasteiger partial charge in [0, 0.05) is 0 Å². The molecule has 0 fully saturated rings. The lowest BCUT2D eigenvalue weighted by Gasteiger charge is -1.86. The van der Waals surface area contributed by atoms with E-state index >= 15 is 0 Å². The molecule has 0 saturated carbocycles. The summed E-state index contributed by atoms with van der Waals surface area (Å²) in [6.45, 7) is 2.06. The molecule has 0 aromatic heterocycles. The molecule has 0 bridgehead atoms. The van der Waals surface area contributed by atoms with E-state index in [1.165, 1.54) is 0 Å². The van der Waals surface area contributed by atoms with Gasteiger partial charge in [-0.25, -0.2) is 10.3 Å². The maximum absolute atomic E-state index is 3.92. The van der Waals surface area contributed by atoms with Gasteiger partial charge in [0.05, 0.1) is 11.9 Å². The van der Waals surface area contributed by atoms with Crippen molar-refractivity contribution in [2.45, 2.75) is 13.3 Å². The fourth-order valence-corrected chi connectivity index (χ4v) is 0.443. The maximum atomic E-state index is 3.92. The van der Waals surface area contributed by atoms with Crippen LogP contribution in [0.1, 0.15) is 13.3 Å². The Morgan fingerprint density at radius 1 is 1.71 bits per heavy atom. The summed E-state index contributed by atoms with van der Waals surface area (Å²) in [6, 6.07) is 0. The van der Waals surface area contributed by atoms with E-state index in [2.05, 4.69) is 17.2 Å². The van der Waals surface area contributed by atoms with Gasteiger partial charge >= 0.3 is 0 Å². The van der Waals surface area contributed by atoms with Crippen molar-refractivity contribution in [2.24, 2.45) is 4.99 Å². The first kappa shape index (κ1) is 4.37. The first-order chi connectivity index (χ1) is 3.43.